The van der Waals surface area contributed by atoms with Crippen molar-refractivity contribution >= 4 is 11.2 Å². The Morgan fingerprint density at radius 2 is 1.89 bits per heavy atom. The van der Waals surface area contributed by atoms with Crippen LogP contribution in [-0.2, 0) is 6.54 Å². The smallest absolute Gasteiger partial charge is 0.290 e. The van der Waals surface area contributed by atoms with Crippen molar-refractivity contribution in [2.24, 2.45) is 0 Å². The minimum absolute atomic E-state index is 0.130. The van der Waals surface area contributed by atoms with Crippen LogP contribution in [0.25, 0.3) is 11.2 Å². The average molecular weight is 243 g/mol. The van der Waals surface area contributed by atoms with E-state index in [4.69, 9.17) is 0 Å². The van der Waals surface area contributed by atoms with Gasteiger partial charge in [0.05, 0.1) is 6.54 Å². The summed E-state index contributed by atoms with van der Waals surface area (Å²) in [7, 11) is 0. The third-order valence-corrected chi connectivity index (χ3v) is 2.58. The Morgan fingerprint density at radius 1 is 1.11 bits per heavy atom. The van der Waals surface area contributed by atoms with Crippen molar-refractivity contribution in [3.05, 3.63) is 56.7 Å². The maximum atomic E-state index is 11.5. The van der Waals surface area contributed by atoms with E-state index in [1.807, 2.05) is 30.3 Å². The van der Waals surface area contributed by atoms with Crippen LogP contribution in [0.3, 0.4) is 0 Å². The molecule has 90 valence electrons. The first-order valence-electron chi connectivity index (χ1n) is 5.34. The number of fused-ring (bicyclic) bond motifs is 1. The number of hydrogen-bond donors (Lipinski definition) is 2. The van der Waals surface area contributed by atoms with Crippen LogP contribution in [0, 0.1) is 0 Å². The molecule has 0 unspecified atom stereocenters. The van der Waals surface area contributed by atoms with Gasteiger partial charge in [0.25, 0.3) is 5.56 Å². The van der Waals surface area contributed by atoms with Gasteiger partial charge in [0.1, 0.15) is 0 Å². The fourth-order valence-corrected chi connectivity index (χ4v) is 1.76. The minimum Gasteiger partial charge on any atom is -0.290 e. The number of nitrogens with one attached hydrogen (secondary N) is 2. The van der Waals surface area contributed by atoms with Crippen LogP contribution >= 0.6 is 0 Å². The molecule has 7 heteroatoms. The molecule has 0 aliphatic rings. The van der Waals surface area contributed by atoms with E-state index in [2.05, 4.69) is 20.3 Å². The van der Waals surface area contributed by atoms with Crippen molar-refractivity contribution in [2.75, 3.05) is 0 Å². The van der Waals surface area contributed by atoms with E-state index in [0.717, 1.165) is 5.56 Å². The molecule has 0 amide bonds. The van der Waals surface area contributed by atoms with Gasteiger partial charge in [-0.1, -0.05) is 35.5 Å². The van der Waals surface area contributed by atoms with Gasteiger partial charge in [-0.2, -0.15) is 0 Å². The largest absolute Gasteiger partial charge is 0.327 e. The molecule has 0 bridgehead atoms. The molecule has 0 spiro atoms. The molecule has 0 saturated carbocycles. The Kier molecular flexibility index (Phi) is 2.30. The van der Waals surface area contributed by atoms with Gasteiger partial charge in [-0.15, -0.1) is 5.10 Å². The number of rotatable bonds is 2. The van der Waals surface area contributed by atoms with E-state index < -0.39 is 11.2 Å². The van der Waals surface area contributed by atoms with Crippen LogP contribution in [0.15, 0.2) is 39.9 Å². The van der Waals surface area contributed by atoms with E-state index in [1.54, 1.807) is 0 Å². The summed E-state index contributed by atoms with van der Waals surface area (Å²) in [6.45, 7) is 0.441. The molecular weight excluding hydrogens is 234 g/mol. The Labute approximate surface area is 100 Å². The quantitative estimate of drug-likeness (QED) is 0.654. The van der Waals surface area contributed by atoms with Gasteiger partial charge in [0, 0.05) is 0 Å². The highest BCUT2D eigenvalue weighted by atomic mass is 16.2. The monoisotopic (exact) mass is 243 g/mol. The predicted octanol–water partition coefficient (Wildman–Crippen LogP) is -0.144. The zero-order valence-corrected chi connectivity index (χ0v) is 9.25. The summed E-state index contributed by atoms with van der Waals surface area (Å²) in [4.78, 5) is 27.3. The summed E-state index contributed by atoms with van der Waals surface area (Å²) >= 11 is 0. The molecule has 18 heavy (non-hydrogen) atoms. The average Bonchev–Trinajstić information content (AvgIpc) is 2.74. The van der Waals surface area contributed by atoms with Gasteiger partial charge in [-0.25, -0.2) is 9.48 Å². The van der Waals surface area contributed by atoms with Crippen molar-refractivity contribution in [2.45, 2.75) is 6.54 Å². The molecule has 0 fully saturated rings. The highest BCUT2D eigenvalue weighted by Crippen LogP contribution is 2.05. The standard InChI is InChI=1S/C11H9N5O2/c17-10-8-9(12-11(18)13-10)16(15-14-8)6-7-4-2-1-3-5-7/h1-5H,6H2,(H2,12,13,17,18). The first-order chi connectivity index (χ1) is 8.74. The topological polar surface area (TPSA) is 96.4 Å². The first-order valence-corrected chi connectivity index (χ1v) is 5.34. The molecule has 0 aliphatic heterocycles. The second-order valence-electron chi connectivity index (χ2n) is 3.84. The summed E-state index contributed by atoms with van der Waals surface area (Å²) < 4.78 is 1.49. The molecule has 2 N–H and O–H groups in total. The van der Waals surface area contributed by atoms with Gasteiger partial charge in [0.2, 0.25) is 0 Å². The lowest BCUT2D eigenvalue weighted by molar-refractivity contribution is 0.663. The van der Waals surface area contributed by atoms with Gasteiger partial charge in [-0.3, -0.25) is 14.8 Å². The van der Waals surface area contributed by atoms with Crippen molar-refractivity contribution in [1.29, 1.82) is 0 Å². The maximum Gasteiger partial charge on any atom is 0.327 e. The summed E-state index contributed by atoms with van der Waals surface area (Å²) in [5.41, 5.74) is 0.362. The normalized spacial score (nSPS) is 10.9. The molecule has 2 aromatic heterocycles. The number of benzene rings is 1. The zero-order valence-electron chi connectivity index (χ0n) is 9.25. The summed E-state index contributed by atoms with van der Waals surface area (Å²) in [6.07, 6.45) is 0. The molecule has 3 rings (SSSR count). The third-order valence-electron chi connectivity index (χ3n) is 2.58. The van der Waals surface area contributed by atoms with Crippen molar-refractivity contribution in [3.63, 3.8) is 0 Å². The molecule has 7 nitrogen and oxygen atoms in total. The summed E-state index contributed by atoms with van der Waals surface area (Å²) in [5.74, 6) is 0. The molecule has 0 atom stereocenters. The van der Waals surface area contributed by atoms with Gasteiger partial charge in [0.15, 0.2) is 11.2 Å². The zero-order chi connectivity index (χ0) is 12.5. The number of aromatic amines is 2. The lowest BCUT2D eigenvalue weighted by Gasteiger charge is -2.01. The predicted molar refractivity (Wildman–Crippen MR) is 64.3 cm³/mol. The number of aromatic nitrogens is 5. The van der Waals surface area contributed by atoms with E-state index in [9.17, 15) is 9.59 Å². The number of hydrogen-bond acceptors (Lipinski definition) is 4. The second kappa shape index (κ2) is 3.95. The van der Waals surface area contributed by atoms with E-state index in [0.29, 0.717) is 12.2 Å². The molecule has 2 heterocycles. The van der Waals surface area contributed by atoms with Gasteiger partial charge < -0.3 is 0 Å². The number of H-pyrrole nitrogens is 2. The number of nitrogens with zero attached hydrogens (tertiary/aromatic N) is 3. The molecule has 3 aromatic rings. The van der Waals surface area contributed by atoms with Crippen molar-refractivity contribution in [3.8, 4) is 0 Å². The molecule has 1 aromatic carbocycles. The lowest BCUT2D eigenvalue weighted by Crippen LogP contribution is -2.22. The third kappa shape index (κ3) is 1.71. The highest BCUT2D eigenvalue weighted by Gasteiger charge is 2.09. The summed E-state index contributed by atoms with van der Waals surface area (Å²) in [5, 5.41) is 7.62. The van der Waals surface area contributed by atoms with Crippen LogP contribution in [-0.4, -0.2) is 25.0 Å². The Hall–Kier alpha value is -2.70. The van der Waals surface area contributed by atoms with Crippen LogP contribution in [0.2, 0.25) is 0 Å². The molecule has 0 aliphatic carbocycles. The van der Waals surface area contributed by atoms with Gasteiger partial charge in [-0.05, 0) is 5.56 Å². The highest BCUT2D eigenvalue weighted by molar-refractivity contribution is 5.67. The van der Waals surface area contributed by atoms with Crippen LogP contribution < -0.4 is 11.2 Å². The molecule has 0 saturated heterocycles. The fourth-order valence-electron chi connectivity index (χ4n) is 1.76. The second-order valence-corrected chi connectivity index (χ2v) is 3.84. The van der Waals surface area contributed by atoms with Gasteiger partial charge >= 0.3 is 5.69 Å². The van der Waals surface area contributed by atoms with Crippen LogP contribution in [0.4, 0.5) is 0 Å². The van der Waals surface area contributed by atoms with Crippen LogP contribution in [0.1, 0.15) is 5.56 Å². The first kappa shape index (κ1) is 10.5. The lowest BCUT2D eigenvalue weighted by atomic mass is 10.2. The van der Waals surface area contributed by atoms with E-state index in [-0.39, 0.29) is 5.52 Å². The van der Waals surface area contributed by atoms with Crippen LogP contribution in [0.5, 0.6) is 0 Å². The Balaban J connectivity index is 2.14. The molecule has 0 radical (unpaired) electrons. The van der Waals surface area contributed by atoms with Crippen molar-refractivity contribution < 1.29 is 0 Å². The SMILES string of the molecule is O=c1[nH]c(=O)c2nnn(Cc3ccccc3)c2[nH]1. The fraction of sp³-hybridized carbons (Fsp3) is 0.0909. The van der Waals surface area contributed by atoms with E-state index >= 15 is 0 Å². The minimum atomic E-state index is -0.566. The maximum absolute atomic E-state index is 11.5. The summed E-state index contributed by atoms with van der Waals surface area (Å²) in [6, 6.07) is 9.58. The Morgan fingerprint density at radius 3 is 2.67 bits per heavy atom. The molecular formula is C11H9N5O2. The Bertz CT molecular complexity index is 799. The van der Waals surface area contributed by atoms with E-state index in [1.165, 1.54) is 4.68 Å². The van der Waals surface area contributed by atoms with Crippen molar-refractivity contribution in [1.82, 2.24) is 25.0 Å².